The molecule has 0 N–H and O–H groups in total. The van der Waals surface area contributed by atoms with Crippen LogP contribution in [-0.2, 0) is 9.59 Å². The highest BCUT2D eigenvalue weighted by molar-refractivity contribution is 5.65. The van der Waals surface area contributed by atoms with Crippen LogP contribution in [0.1, 0.15) is 73.6 Å². The first-order chi connectivity index (χ1) is 10.3. The van der Waals surface area contributed by atoms with Gasteiger partial charge in [-0.1, -0.05) is 35.8 Å². The molecule has 2 heteroatoms. The van der Waals surface area contributed by atoms with Gasteiger partial charge in [-0.05, 0) is 72.3 Å². The number of carbonyl (C=O) groups excluding carboxylic acids is 2. The van der Waals surface area contributed by atoms with E-state index < -0.39 is 0 Å². The first kappa shape index (κ1) is 22.8. The van der Waals surface area contributed by atoms with E-state index in [-0.39, 0.29) is 0 Å². The Hall–Kier alpha value is -1.44. The second kappa shape index (κ2) is 15.9. The molecule has 2 nitrogen and oxygen atoms in total. The average molecular weight is 306 g/mol. The normalized spacial score (nSPS) is 11.6. The lowest BCUT2D eigenvalue weighted by Gasteiger charge is -2.03. The Labute approximate surface area is 137 Å². The molecule has 0 bridgehead atoms. The Kier molecular flexibility index (Phi) is 16.5. The van der Waals surface area contributed by atoms with Gasteiger partial charge in [0.2, 0.25) is 0 Å². The van der Waals surface area contributed by atoms with E-state index in [9.17, 15) is 9.59 Å². The molecule has 0 spiro atoms. The van der Waals surface area contributed by atoms with Crippen LogP contribution in [0.5, 0.6) is 0 Å². The van der Waals surface area contributed by atoms with Gasteiger partial charge in [-0.2, -0.15) is 0 Å². The van der Waals surface area contributed by atoms with E-state index in [1.807, 2.05) is 6.92 Å². The molecule has 0 fully saturated rings. The van der Waals surface area contributed by atoms with E-state index in [2.05, 4.69) is 46.8 Å². The van der Waals surface area contributed by atoms with Crippen LogP contribution < -0.4 is 0 Å². The van der Waals surface area contributed by atoms with Crippen molar-refractivity contribution >= 4 is 12.6 Å². The lowest BCUT2D eigenvalue weighted by atomic mass is 10.0. The van der Waals surface area contributed by atoms with Crippen LogP contribution in [-0.4, -0.2) is 12.6 Å². The van der Waals surface area contributed by atoms with E-state index in [1.54, 1.807) is 6.08 Å². The Morgan fingerprint density at radius 2 is 1.45 bits per heavy atom. The van der Waals surface area contributed by atoms with Crippen LogP contribution in [0.25, 0.3) is 0 Å². The van der Waals surface area contributed by atoms with Crippen LogP contribution in [0.15, 0.2) is 34.9 Å². The zero-order valence-corrected chi connectivity index (χ0v) is 15.3. The van der Waals surface area contributed by atoms with Gasteiger partial charge in [-0.15, -0.1) is 0 Å². The highest BCUT2D eigenvalue weighted by Crippen LogP contribution is 2.09. The van der Waals surface area contributed by atoms with Crippen molar-refractivity contribution in [3.05, 3.63) is 34.9 Å². The van der Waals surface area contributed by atoms with Gasteiger partial charge in [0.15, 0.2) is 0 Å². The van der Waals surface area contributed by atoms with Gasteiger partial charge in [0.05, 0.1) is 0 Å². The van der Waals surface area contributed by atoms with Crippen molar-refractivity contribution < 1.29 is 9.59 Å². The zero-order valence-electron chi connectivity index (χ0n) is 15.3. The molecule has 0 aromatic rings. The lowest BCUT2D eigenvalue weighted by molar-refractivity contribution is -0.108. The van der Waals surface area contributed by atoms with Crippen LogP contribution >= 0.6 is 0 Å². The molecule has 0 aliphatic carbocycles. The molecule has 0 saturated heterocycles. The molecule has 0 amide bonds. The monoisotopic (exact) mass is 306 g/mol. The SMILES string of the molecule is CC(C)=CCC/C(C)=C/C=O.CC(C)=CCC[C@@H](C)CC=O. The highest BCUT2D eigenvalue weighted by atomic mass is 16.1. The van der Waals surface area contributed by atoms with E-state index in [1.165, 1.54) is 11.1 Å². The van der Waals surface area contributed by atoms with Gasteiger partial charge >= 0.3 is 0 Å². The summed E-state index contributed by atoms with van der Waals surface area (Å²) in [4.78, 5) is 20.1. The summed E-state index contributed by atoms with van der Waals surface area (Å²) in [6.07, 6.45) is 12.9. The standard InChI is InChI=1S/C10H18O.C10H16O/c2*1-9(2)5-4-6-10(3)7-8-11/h5,8,10H,4,6-7H2,1-3H3;5,7-8H,4,6H2,1-3H3/b;10-7+/t10-;/m1./s1. The Morgan fingerprint density at radius 1 is 0.909 bits per heavy atom. The minimum atomic E-state index is 0.545. The van der Waals surface area contributed by atoms with Gasteiger partial charge in [-0.3, -0.25) is 4.79 Å². The van der Waals surface area contributed by atoms with E-state index in [0.29, 0.717) is 12.3 Å². The quantitative estimate of drug-likeness (QED) is 0.305. The predicted molar refractivity (Wildman–Crippen MR) is 97.0 cm³/mol. The Balaban J connectivity index is 0. The third kappa shape index (κ3) is 20.9. The number of rotatable bonds is 9. The van der Waals surface area contributed by atoms with E-state index >= 15 is 0 Å². The summed E-state index contributed by atoms with van der Waals surface area (Å²) in [5, 5.41) is 0. The van der Waals surface area contributed by atoms with Crippen LogP contribution in [0, 0.1) is 5.92 Å². The summed E-state index contributed by atoms with van der Waals surface area (Å²) in [6, 6.07) is 0. The largest absolute Gasteiger partial charge is 0.303 e. The van der Waals surface area contributed by atoms with Crippen molar-refractivity contribution in [2.75, 3.05) is 0 Å². The molecule has 0 heterocycles. The number of hydrogen-bond acceptors (Lipinski definition) is 2. The van der Waals surface area contributed by atoms with Gasteiger partial charge in [0.1, 0.15) is 12.6 Å². The summed E-state index contributed by atoms with van der Waals surface area (Å²) >= 11 is 0. The maximum absolute atomic E-state index is 10.1. The fourth-order valence-electron chi connectivity index (χ4n) is 1.73. The summed E-state index contributed by atoms with van der Waals surface area (Å²) in [5.41, 5.74) is 3.85. The fraction of sp³-hybridized carbons (Fsp3) is 0.600. The lowest BCUT2D eigenvalue weighted by Crippen LogP contribution is -1.93. The third-order valence-electron chi connectivity index (χ3n) is 3.15. The maximum Gasteiger partial charge on any atom is 0.142 e. The minimum Gasteiger partial charge on any atom is -0.303 e. The molecular weight excluding hydrogens is 272 g/mol. The van der Waals surface area contributed by atoms with Crippen molar-refractivity contribution in [1.82, 2.24) is 0 Å². The average Bonchev–Trinajstić information content (AvgIpc) is 2.39. The zero-order chi connectivity index (χ0) is 17.4. The molecule has 0 aliphatic heterocycles. The Bertz CT molecular complexity index is 379. The topological polar surface area (TPSA) is 34.1 Å². The summed E-state index contributed by atoms with van der Waals surface area (Å²) < 4.78 is 0. The first-order valence-electron chi connectivity index (χ1n) is 8.14. The van der Waals surface area contributed by atoms with Gasteiger partial charge < -0.3 is 4.79 Å². The van der Waals surface area contributed by atoms with Crippen LogP contribution in [0.2, 0.25) is 0 Å². The fourth-order valence-corrected chi connectivity index (χ4v) is 1.73. The molecular formula is C20H34O2. The summed E-state index contributed by atoms with van der Waals surface area (Å²) in [6.45, 7) is 12.5. The van der Waals surface area contributed by atoms with Crippen molar-refractivity contribution in [2.24, 2.45) is 5.92 Å². The third-order valence-corrected chi connectivity index (χ3v) is 3.15. The molecule has 0 aromatic heterocycles. The smallest absolute Gasteiger partial charge is 0.142 e. The van der Waals surface area contributed by atoms with Gasteiger partial charge in [-0.25, -0.2) is 0 Å². The van der Waals surface area contributed by atoms with E-state index in [4.69, 9.17) is 0 Å². The molecule has 0 saturated carbocycles. The van der Waals surface area contributed by atoms with Crippen LogP contribution in [0.4, 0.5) is 0 Å². The van der Waals surface area contributed by atoms with E-state index in [0.717, 1.165) is 43.8 Å². The van der Waals surface area contributed by atoms with Crippen molar-refractivity contribution in [2.45, 2.75) is 73.6 Å². The predicted octanol–water partition coefficient (Wildman–Crippen LogP) is 5.84. The van der Waals surface area contributed by atoms with Crippen LogP contribution in [0.3, 0.4) is 0 Å². The van der Waals surface area contributed by atoms with Gasteiger partial charge in [0.25, 0.3) is 0 Å². The maximum atomic E-state index is 10.1. The summed E-state index contributed by atoms with van der Waals surface area (Å²) in [7, 11) is 0. The molecule has 0 aromatic carbocycles. The molecule has 0 radical (unpaired) electrons. The number of carbonyl (C=O) groups is 2. The Morgan fingerprint density at radius 3 is 1.91 bits per heavy atom. The second-order valence-electron chi connectivity index (χ2n) is 6.34. The molecule has 0 unspecified atom stereocenters. The number of aldehydes is 2. The number of allylic oxidation sites excluding steroid dienone is 6. The van der Waals surface area contributed by atoms with Crippen molar-refractivity contribution in [3.63, 3.8) is 0 Å². The molecule has 0 aliphatic rings. The van der Waals surface area contributed by atoms with Crippen molar-refractivity contribution in [3.8, 4) is 0 Å². The summed E-state index contributed by atoms with van der Waals surface area (Å²) in [5.74, 6) is 0.545. The molecule has 0 rings (SSSR count). The molecule has 126 valence electrons. The molecule has 22 heavy (non-hydrogen) atoms. The first-order valence-corrected chi connectivity index (χ1v) is 8.14. The highest BCUT2D eigenvalue weighted by Gasteiger charge is 1.98. The number of hydrogen-bond donors (Lipinski definition) is 0. The van der Waals surface area contributed by atoms with Crippen molar-refractivity contribution in [1.29, 1.82) is 0 Å². The second-order valence-corrected chi connectivity index (χ2v) is 6.34. The molecule has 1 atom stereocenters. The minimum absolute atomic E-state index is 0.545. The van der Waals surface area contributed by atoms with Gasteiger partial charge in [0, 0.05) is 6.42 Å².